The molecule has 5 heteroatoms. The van der Waals surface area contributed by atoms with Crippen LogP contribution in [0.25, 0.3) is 22.2 Å². The second kappa shape index (κ2) is 5.65. The van der Waals surface area contributed by atoms with E-state index in [1.165, 1.54) is 10.8 Å². The standard InChI is InChI=1S/C18H19N3OS/c1-18(12-22)11-16-19-20-17(21(16)9-10-23-18)15-8-4-6-13-5-2-3-7-14(13)15/h2-8,22H,9-12H2,1H3. The van der Waals surface area contributed by atoms with Crippen molar-refractivity contribution in [1.82, 2.24) is 14.8 Å². The van der Waals surface area contributed by atoms with Crippen LogP contribution in [0, 0.1) is 0 Å². The lowest BCUT2D eigenvalue weighted by Crippen LogP contribution is -2.28. The SMILES string of the molecule is CC1(CO)Cc2nnc(-c3cccc4ccccc34)n2CCS1. The third kappa shape index (κ3) is 2.54. The van der Waals surface area contributed by atoms with E-state index in [9.17, 15) is 5.11 Å². The quantitative estimate of drug-likeness (QED) is 0.786. The van der Waals surface area contributed by atoms with Crippen molar-refractivity contribution in [2.24, 2.45) is 0 Å². The summed E-state index contributed by atoms with van der Waals surface area (Å²) in [6, 6.07) is 14.7. The van der Waals surface area contributed by atoms with E-state index in [2.05, 4.69) is 64.2 Å². The van der Waals surface area contributed by atoms with Gasteiger partial charge in [0.25, 0.3) is 0 Å². The first-order valence-corrected chi connectivity index (χ1v) is 8.84. The van der Waals surface area contributed by atoms with Gasteiger partial charge in [-0.05, 0) is 17.7 Å². The largest absolute Gasteiger partial charge is 0.395 e. The summed E-state index contributed by atoms with van der Waals surface area (Å²) in [5.41, 5.74) is 1.12. The van der Waals surface area contributed by atoms with E-state index in [4.69, 9.17) is 0 Å². The molecule has 0 spiro atoms. The minimum absolute atomic E-state index is 0.161. The third-order valence-corrected chi connectivity index (χ3v) is 5.85. The van der Waals surface area contributed by atoms with Gasteiger partial charge in [0.2, 0.25) is 0 Å². The minimum Gasteiger partial charge on any atom is -0.395 e. The predicted molar refractivity (Wildman–Crippen MR) is 94.6 cm³/mol. The van der Waals surface area contributed by atoms with Crippen LogP contribution < -0.4 is 0 Å². The fraction of sp³-hybridized carbons (Fsp3) is 0.333. The highest BCUT2D eigenvalue weighted by Gasteiger charge is 2.31. The van der Waals surface area contributed by atoms with Crippen molar-refractivity contribution in [3.05, 3.63) is 48.3 Å². The van der Waals surface area contributed by atoms with Gasteiger partial charge in [-0.1, -0.05) is 42.5 Å². The van der Waals surface area contributed by atoms with Gasteiger partial charge in [-0.25, -0.2) is 0 Å². The lowest BCUT2D eigenvalue weighted by molar-refractivity contribution is 0.254. The number of benzene rings is 2. The topological polar surface area (TPSA) is 50.9 Å². The van der Waals surface area contributed by atoms with E-state index < -0.39 is 0 Å². The van der Waals surface area contributed by atoms with Crippen LogP contribution in [-0.4, -0.2) is 37.0 Å². The van der Waals surface area contributed by atoms with Gasteiger partial charge in [0.1, 0.15) is 5.82 Å². The molecule has 1 aliphatic heterocycles. The van der Waals surface area contributed by atoms with Gasteiger partial charge in [-0.3, -0.25) is 0 Å². The Bertz CT molecular complexity index is 855. The molecule has 0 bridgehead atoms. The zero-order chi connectivity index (χ0) is 15.9. The van der Waals surface area contributed by atoms with Crippen LogP contribution in [0.1, 0.15) is 12.7 Å². The average Bonchev–Trinajstić information content (AvgIpc) is 2.88. The molecule has 0 amide bonds. The first kappa shape index (κ1) is 14.7. The smallest absolute Gasteiger partial charge is 0.164 e. The first-order chi connectivity index (χ1) is 11.2. The Kier molecular flexibility index (Phi) is 3.62. The molecule has 1 atom stereocenters. The van der Waals surface area contributed by atoms with E-state index in [1.54, 1.807) is 0 Å². The zero-order valence-electron chi connectivity index (χ0n) is 13.1. The van der Waals surface area contributed by atoms with Crippen LogP contribution in [-0.2, 0) is 13.0 Å². The summed E-state index contributed by atoms with van der Waals surface area (Å²) in [6.07, 6.45) is 0.742. The van der Waals surface area contributed by atoms with Crippen LogP contribution in [0.2, 0.25) is 0 Å². The Balaban J connectivity index is 1.85. The number of hydrogen-bond acceptors (Lipinski definition) is 4. The number of hydrogen-bond donors (Lipinski definition) is 1. The molecule has 1 unspecified atom stereocenters. The van der Waals surface area contributed by atoms with Gasteiger partial charge in [0.15, 0.2) is 5.82 Å². The summed E-state index contributed by atoms with van der Waals surface area (Å²) in [4.78, 5) is 0. The van der Waals surface area contributed by atoms with Crippen LogP contribution >= 0.6 is 11.8 Å². The molecule has 4 nitrogen and oxygen atoms in total. The number of aliphatic hydroxyl groups is 1. The maximum Gasteiger partial charge on any atom is 0.164 e. The Hall–Kier alpha value is -1.85. The summed E-state index contributed by atoms with van der Waals surface area (Å²) in [7, 11) is 0. The Labute approximate surface area is 139 Å². The molecule has 3 aromatic rings. The molecule has 0 aliphatic carbocycles. The number of aliphatic hydroxyl groups excluding tert-OH is 1. The summed E-state index contributed by atoms with van der Waals surface area (Å²) in [5.74, 6) is 2.86. The molecule has 1 aliphatic rings. The number of thioether (sulfide) groups is 1. The van der Waals surface area contributed by atoms with Gasteiger partial charge in [-0.15, -0.1) is 10.2 Å². The number of rotatable bonds is 2. The van der Waals surface area contributed by atoms with E-state index >= 15 is 0 Å². The van der Waals surface area contributed by atoms with Crippen LogP contribution in [0.4, 0.5) is 0 Å². The second-order valence-corrected chi connectivity index (χ2v) is 7.93. The van der Waals surface area contributed by atoms with Crippen molar-refractivity contribution in [3.63, 3.8) is 0 Å². The number of aromatic nitrogens is 3. The molecule has 23 heavy (non-hydrogen) atoms. The van der Waals surface area contributed by atoms with Crippen LogP contribution in [0.3, 0.4) is 0 Å². The summed E-state index contributed by atoms with van der Waals surface area (Å²) >= 11 is 1.82. The Morgan fingerprint density at radius 2 is 2.00 bits per heavy atom. The molecular weight excluding hydrogens is 306 g/mol. The number of fused-ring (bicyclic) bond motifs is 2. The molecule has 2 heterocycles. The van der Waals surface area contributed by atoms with E-state index in [-0.39, 0.29) is 11.4 Å². The van der Waals surface area contributed by atoms with E-state index in [0.717, 1.165) is 35.9 Å². The molecule has 0 saturated heterocycles. The first-order valence-electron chi connectivity index (χ1n) is 7.85. The predicted octanol–water partition coefficient (Wildman–Crippen LogP) is 3.14. The zero-order valence-corrected chi connectivity index (χ0v) is 13.9. The van der Waals surface area contributed by atoms with Crippen molar-refractivity contribution in [2.75, 3.05) is 12.4 Å². The van der Waals surface area contributed by atoms with Gasteiger partial charge in [0.05, 0.1) is 6.61 Å². The molecule has 0 radical (unpaired) electrons. The fourth-order valence-electron chi connectivity index (χ4n) is 3.19. The highest BCUT2D eigenvalue weighted by atomic mass is 32.2. The van der Waals surface area contributed by atoms with Crippen molar-refractivity contribution >= 4 is 22.5 Å². The highest BCUT2D eigenvalue weighted by molar-refractivity contribution is 8.00. The summed E-state index contributed by atoms with van der Waals surface area (Å²) in [6.45, 7) is 3.13. The van der Waals surface area contributed by atoms with E-state index in [0.29, 0.717) is 0 Å². The highest BCUT2D eigenvalue weighted by Crippen LogP contribution is 2.34. The monoisotopic (exact) mass is 325 g/mol. The van der Waals surface area contributed by atoms with Gasteiger partial charge >= 0.3 is 0 Å². The van der Waals surface area contributed by atoms with Gasteiger partial charge in [0, 0.05) is 29.0 Å². The molecule has 4 rings (SSSR count). The van der Waals surface area contributed by atoms with Crippen LogP contribution in [0.15, 0.2) is 42.5 Å². The van der Waals surface area contributed by atoms with Crippen molar-refractivity contribution in [2.45, 2.75) is 24.6 Å². The van der Waals surface area contributed by atoms with Crippen LogP contribution in [0.5, 0.6) is 0 Å². The maximum atomic E-state index is 9.69. The van der Waals surface area contributed by atoms with Crippen molar-refractivity contribution < 1.29 is 5.11 Å². The summed E-state index contributed by atoms with van der Waals surface area (Å²) < 4.78 is 2.05. The Morgan fingerprint density at radius 3 is 2.87 bits per heavy atom. The van der Waals surface area contributed by atoms with Crippen molar-refractivity contribution in [3.8, 4) is 11.4 Å². The lowest BCUT2D eigenvalue weighted by Gasteiger charge is -2.23. The fourth-order valence-corrected chi connectivity index (χ4v) is 4.28. The molecular formula is C18H19N3OS. The van der Waals surface area contributed by atoms with Gasteiger partial charge < -0.3 is 9.67 Å². The molecule has 2 aromatic carbocycles. The van der Waals surface area contributed by atoms with E-state index in [1.807, 2.05) is 11.8 Å². The lowest BCUT2D eigenvalue weighted by atomic mass is 10.0. The number of nitrogens with zero attached hydrogens (tertiary/aromatic N) is 3. The molecule has 118 valence electrons. The molecule has 1 aromatic heterocycles. The normalized spacial score (nSPS) is 21.1. The second-order valence-electron chi connectivity index (χ2n) is 6.25. The van der Waals surface area contributed by atoms with Crippen molar-refractivity contribution in [1.29, 1.82) is 0 Å². The third-order valence-electron chi connectivity index (χ3n) is 4.49. The maximum absolute atomic E-state index is 9.69. The molecule has 1 N–H and O–H groups in total. The summed E-state index contributed by atoms with van der Waals surface area (Å²) in [5, 5.41) is 21.0. The average molecular weight is 325 g/mol. The minimum atomic E-state index is -0.169. The molecule has 0 saturated carbocycles. The van der Waals surface area contributed by atoms with Gasteiger partial charge in [-0.2, -0.15) is 11.8 Å². The Morgan fingerprint density at radius 1 is 1.17 bits per heavy atom. The molecule has 0 fully saturated rings.